The highest BCUT2D eigenvalue weighted by Gasteiger charge is 2.31. The minimum Gasteiger partial charge on any atom is -0.350 e. The van der Waals surface area contributed by atoms with Crippen molar-refractivity contribution >= 4 is 33.4 Å². The van der Waals surface area contributed by atoms with Crippen LogP contribution in [0, 0.1) is 0 Å². The Morgan fingerprint density at radius 1 is 1.45 bits per heavy atom. The number of nitrogens with one attached hydrogen (secondary N) is 2. The lowest BCUT2D eigenvalue weighted by atomic mass is 10.1. The first kappa shape index (κ1) is 15.0. The Hall–Kier alpha value is -1.40. The fraction of sp³-hybridized carbons (Fsp3) is 0.429. The number of amides is 2. The van der Waals surface area contributed by atoms with E-state index in [0.29, 0.717) is 6.54 Å². The minimum absolute atomic E-state index is 0.202. The summed E-state index contributed by atoms with van der Waals surface area (Å²) in [5.41, 5.74) is 1.99. The molecule has 0 bridgehead atoms. The summed E-state index contributed by atoms with van der Waals surface area (Å²) in [6, 6.07) is 5.53. The predicted molar refractivity (Wildman–Crippen MR) is 81.5 cm³/mol. The van der Waals surface area contributed by atoms with Crippen LogP contribution in [0.15, 0.2) is 22.7 Å². The molecule has 0 aromatic heterocycles. The van der Waals surface area contributed by atoms with Crippen LogP contribution in [0.2, 0.25) is 0 Å². The number of halogens is 1. The molecule has 1 aromatic rings. The highest BCUT2D eigenvalue weighted by Crippen LogP contribution is 2.27. The van der Waals surface area contributed by atoms with Gasteiger partial charge in [-0.1, -0.05) is 22.9 Å². The molecule has 5 nitrogen and oxygen atoms in total. The van der Waals surface area contributed by atoms with Crippen molar-refractivity contribution in [2.45, 2.75) is 26.4 Å². The zero-order chi connectivity index (χ0) is 14.7. The fourth-order valence-corrected chi connectivity index (χ4v) is 2.65. The number of anilines is 1. The number of carbonyl (C=O) groups is 2. The zero-order valence-corrected chi connectivity index (χ0v) is 13.2. The van der Waals surface area contributed by atoms with Crippen molar-refractivity contribution < 1.29 is 9.59 Å². The van der Waals surface area contributed by atoms with Gasteiger partial charge in [0, 0.05) is 16.7 Å². The van der Waals surface area contributed by atoms with Crippen LogP contribution in [0.5, 0.6) is 0 Å². The number of hydrogen-bond acceptors (Lipinski definition) is 4. The standard InChI is InChI=1S/C14H18BrN3O2/c1-3-16-7-10-6-11(15)4-5-12(10)18-8-13(19)17-14(20)9(18)2/h4-6,9,16H,3,7-8H2,1-2H3,(H,17,19,20). The largest absolute Gasteiger partial charge is 0.350 e. The molecule has 2 N–H and O–H groups in total. The molecule has 0 aliphatic carbocycles. The van der Waals surface area contributed by atoms with Crippen molar-refractivity contribution in [3.63, 3.8) is 0 Å². The Kier molecular flexibility index (Phi) is 4.77. The average molecular weight is 340 g/mol. The molecule has 20 heavy (non-hydrogen) atoms. The molecule has 1 aliphatic heterocycles. The molecule has 1 heterocycles. The Bertz CT molecular complexity index is 533. The van der Waals surface area contributed by atoms with Crippen LogP contribution in [-0.2, 0) is 16.1 Å². The third-order valence-corrected chi connectivity index (χ3v) is 3.83. The molecule has 6 heteroatoms. The molecule has 0 radical (unpaired) electrons. The second-order valence-corrected chi connectivity index (χ2v) is 5.69. The van der Waals surface area contributed by atoms with E-state index in [-0.39, 0.29) is 24.4 Å². The van der Waals surface area contributed by atoms with E-state index < -0.39 is 0 Å². The molecule has 1 saturated heterocycles. The van der Waals surface area contributed by atoms with Crippen LogP contribution < -0.4 is 15.5 Å². The Morgan fingerprint density at radius 2 is 2.20 bits per heavy atom. The molecule has 0 saturated carbocycles. The molecular formula is C14H18BrN3O2. The summed E-state index contributed by atoms with van der Waals surface area (Å²) in [6.07, 6.45) is 0. The lowest BCUT2D eigenvalue weighted by Crippen LogP contribution is -2.57. The lowest BCUT2D eigenvalue weighted by Gasteiger charge is -2.35. The van der Waals surface area contributed by atoms with E-state index in [2.05, 4.69) is 26.6 Å². The van der Waals surface area contributed by atoms with Gasteiger partial charge >= 0.3 is 0 Å². The van der Waals surface area contributed by atoms with E-state index in [1.54, 1.807) is 6.92 Å². The first-order chi connectivity index (χ1) is 9.52. The van der Waals surface area contributed by atoms with Crippen LogP contribution in [0.1, 0.15) is 19.4 Å². The SMILES string of the molecule is CCNCc1cc(Br)ccc1N1CC(=O)NC(=O)C1C. The van der Waals surface area contributed by atoms with Crippen molar-refractivity contribution in [2.75, 3.05) is 18.0 Å². The molecule has 2 rings (SSSR count). The van der Waals surface area contributed by atoms with Crippen molar-refractivity contribution in [1.29, 1.82) is 0 Å². The monoisotopic (exact) mass is 339 g/mol. The van der Waals surface area contributed by atoms with Crippen LogP contribution in [0.3, 0.4) is 0 Å². The third-order valence-electron chi connectivity index (χ3n) is 3.34. The number of hydrogen-bond donors (Lipinski definition) is 2. The van der Waals surface area contributed by atoms with Crippen LogP contribution in [0.4, 0.5) is 5.69 Å². The number of benzene rings is 1. The van der Waals surface area contributed by atoms with Gasteiger partial charge in [0.25, 0.3) is 0 Å². The maximum Gasteiger partial charge on any atom is 0.249 e. The van der Waals surface area contributed by atoms with Gasteiger partial charge in [0.1, 0.15) is 6.04 Å². The van der Waals surface area contributed by atoms with Gasteiger partial charge in [-0.2, -0.15) is 0 Å². The molecule has 1 aliphatic rings. The highest BCUT2D eigenvalue weighted by molar-refractivity contribution is 9.10. The third kappa shape index (κ3) is 3.19. The van der Waals surface area contributed by atoms with Gasteiger partial charge in [-0.15, -0.1) is 0 Å². The van der Waals surface area contributed by atoms with E-state index in [4.69, 9.17) is 0 Å². The van der Waals surface area contributed by atoms with E-state index in [1.807, 2.05) is 30.0 Å². The Balaban J connectivity index is 2.34. The Labute approximate surface area is 126 Å². The van der Waals surface area contributed by atoms with Crippen molar-refractivity contribution in [3.8, 4) is 0 Å². The molecule has 1 fully saturated rings. The summed E-state index contributed by atoms with van der Waals surface area (Å²) in [7, 11) is 0. The molecular weight excluding hydrogens is 322 g/mol. The summed E-state index contributed by atoms with van der Waals surface area (Å²) in [4.78, 5) is 25.2. The zero-order valence-electron chi connectivity index (χ0n) is 11.6. The summed E-state index contributed by atoms with van der Waals surface area (Å²) in [5, 5.41) is 5.63. The van der Waals surface area contributed by atoms with Crippen molar-refractivity contribution in [1.82, 2.24) is 10.6 Å². The fourth-order valence-electron chi connectivity index (χ4n) is 2.24. The topological polar surface area (TPSA) is 61.4 Å². The van der Waals surface area contributed by atoms with Gasteiger partial charge in [0.15, 0.2) is 0 Å². The maximum atomic E-state index is 11.8. The summed E-state index contributed by atoms with van der Waals surface area (Å²) < 4.78 is 0.981. The molecule has 108 valence electrons. The average Bonchev–Trinajstić information content (AvgIpc) is 2.41. The molecule has 1 aromatic carbocycles. The van der Waals surface area contributed by atoms with Gasteiger partial charge in [-0.05, 0) is 37.2 Å². The van der Waals surface area contributed by atoms with E-state index in [0.717, 1.165) is 22.3 Å². The Morgan fingerprint density at radius 3 is 2.90 bits per heavy atom. The van der Waals surface area contributed by atoms with E-state index in [1.165, 1.54) is 0 Å². The van der Waals surface area contributed by atoms with Gasteiger partial charge in [0.2, 0.25) is 11.8 Å². The molecule has 0 spiro atoms. The van der Waals surface area contributed by atoms with Gasteiger partial charge < -0.3 is 10.2 Å². The normalized spacial score (nSPS) is 19.1. The summed E-state index contributed by atoms with van der Waals surface area (Å²) in [5.74, 6) is -0.510. The highest BCUT2D eigenvalue weighted by atomic mass is 79.9. The van der Waals surface area contributed by atoms with E-state index in [9.17, 15) is 9.59 Å². The number of imide groups is 1. The quantitative estimate of drug-likeness (QED) is 0.814. The van der Waals surface area contributed by atoms with Gasteiger partial charge in [-0.25, -0.2) is 0 Å². The number of rotatable bonds is 4. The van der Waals surface area contributed by atoms with Crippen LogP contribution >= 0.6 is 15.9 Å². The van der Waals surface area contributed by atoms with Crippen LogP contribution in [0.25, 0.3) is 0 Å². The smallest absolute Gasteiger partial charge is 0.249 e. The summed E-state index contributed by atoms with van der Waals surface area (Å²) in [6.45, 7) is 5.61. The second kappa shape index (κ2) is 6.37. The predicted octanol–water partition coefficient (Wildman–Crippen LogP) is 1.41. The number of carbonyl (C=O) groups excluding carboxylic acids is 2. The minimum atomic E-state index is -0.353. The summed E-state index contributed by atoms with van der Waals surface area (Å²) >= 11 is 3.46. The van der Waals surface area contributed by atoms with Crippen molar-refractivity contribution in [3.05, 3.63) is 28.2 Å². The van der Waals surface area contributed by atoms with Gasteiger partial charge in [0.05, 0.1) is 6.54 Å². The molecule has 1 unspecified atom stereocenters. The first-order valence-corrected chi connectivity index (χ1v) is 7.41. The number of piperazine rings is 1. The van der Waals surface area contributed by atoms with E-state index >= 15 is 0 Å². The second-order valence-electron chi connectivity index (χ2n) is 4.77. The first-order valence-electron chi connectivity index (χ1n) is 6.62. The maximum absolute atomic E-state index is 11.8. The lowest BCUT2D eigenvalue weighted by molar-refractivity contribution is -0.132. The molecule has 1 atom stereocenters. The van der Waals surface area contributed by atoms with Crippen molar-refractivity contribution in [2.24, 2.45) is 0 Å². The number of nitrogens with zero attached hydrogens (tertiary/aromatic N) is 1. The van der Waals surface area contributed by atoms with Gasteiger partial charge in [-0.3, -0.25) is 14.9 Å². The molecule has 2 amide bonds. The van der Waals surface area contributed by atoms with Crippen LogP contribution in [-0.4, -0.2) is 30.9 Å².